The Morgan fingerprint density at radius 1 is 1.29 bits per heavy atom. The molecule has 0 aliphatic carbocycles. The number of nitrogens with zero attached hydrogens (tertiary/aromatic N) is 1. The zero-order valence-electron chi connectivity index (χ0n) is 13.6. The van der Waals surface area contributed by atoms with Crippen LogP contribution in [-0.4, -0.2) is 18.3 Å². The molecule has 5 heteroatoms. The molecule has 2 N–H and O–H groups in total. The molecule has 0 spiro atoms. The Labute approximate surface area is 140 Å². The molecule has 1 aliphatic rings. The second kappa shape index (κ2) is 6.83. The first-order valence-corrected chi connectivity index (χ1v) is 8.03. The van der Waals surface area contributed by atoms with Crippen molar-refractivity contribution in [1.29, 1.82) is 5.41 Å². The van der Waals surface area contributed by atoms with Gasteiger partial charge in [-0.1, -0.05) is 18.2 Å². The van der Waals surface area contributed by atoms with Crippen LogP contribution in [0.25, 0.3) is 0 Å². The molecule has 124 valence electrons. The minimum atomic E-state index is -0.369. The van der Waals surface area contributed by atoms with E-state index in [1.54, 1.807) is 18.2 Å². The minimum Gasteiger partial charge on any atom is -0.330 e. The van der Waals surface area contributed by atoms with Crippen LogP contribution in [0.3, 0.4) is 0 Å². The fourth-order valence-corrected chi connectivity index (χ4v) is 3.00. The third-order valence-electron chi connectivity index (χ3n) is 4.20. The Bertz CT molecular complexity index is 788. The number of anilines is 2. The highest BCUT2D eigenvalue weighted by Crippen LogP contribution is 2.27. The van der Waals surface area contributed by atoms with E-state index in [-0.39, 0.29) is 18.1 Å². The Balaban J connectivity index is 1.69. The Kier molecular flexibility index (Phi) is 4.60. The number of nitrogens with one attached hydrogen (secondary N) is 2. The summed E-state index contributed by atoms with van der Waals surface area (Å²) in [5.74, 6) is 0.0160. The molecule has 24 heavy (non-hydrogen) atoms. The quantitative estimate of drug-likeness (QED) is 0.896. The molecule has 0 unspecified atom stereocenters. The van der Waals surface area contributed by atoms with E-state index in [9.17, 15) is 9.18 Å². The van der Waals surface area contributed by atoms with E-state index in [0.29, 0.717) is 17.1 Å². The monoisotopic (exact) mass is 325 g/mol. The first-order chi connectivity index (χ1) is 11.5. The second-order valence-corrected chi connectivity index (χ2v) is 6.02. The molecule has 1 amide bonds. The summed E-state index contributed by atoms with van der Waals surface area (Å²) in [7, 11) is 0. The first-order valence-electron chi connectivity index (χ1n) is 8.03. The fraction of sp³-hybridized carbons (Fsp3) is 0.263. The standard InChI is InChI=1S/C19H20FN3O/c1-13-11-15(8-9-17(13)23-10-4-7-18(23)21)22-19(24)12-14-5-2-3-6-16(14)20/h2-3,5-6,8-9,11,21H,4,7,10,12H2,1H3,(H,22,24). The van der Waals surface area contributed by atoms with Crippen LogP contribution in [0.5, 0.6) is 0 Å². The van der Waals surface area contributed by atoms with Crippen LogP contribution in [0.15, 0.2) is 42.5 Å². The largest absolute Gasteiger partial charge is 0.330 e. The van der Waals surface area contributed by atoms with E-state index >= 15 is 0 Å². The molecule has 3 rings (SSSR count). The summed E-state index contributed by atoms with van der Waals surface area (Å²) in [5.41, 5.74) is 3.08. The lowest BCUT2D eigenvalue weighted by atomic mass is 10.1. The van der Waals surface area contributed by atoms with Gasteiger partial charge in [-0.05, 0) is 48.7 Å². The average molecular weight is 325 g/mol. The molecule has 0 atom stereocenters. The van der Waals surface area contributed by atoms with Gasteiger partial charge in [0.15, 0.2) is 0 Å². The van der Waals surface area contributed by atoms with Crippen molar-refractivity contribution in [3.8, 4) is 0 Å². The molecular formula is C19H20FN3O. The smallest absolute Gasteiger partial charge is 0.228 e. The molecule has 0 radical (unpaired) electrons. The molecule has 0 saturated carbocycles. The summed E-state index contributed by atoms with van der Waals surface area (Å²) in [4.78, 5) is 14.1. The number of carbonyl (C=O) groups is 1. The van der Waals surface area contributed by atoms with Gasteiger partial charge in [-0.3, -0.25) is 10.2 Å². The lowest BCUT2D eigenvalue weighted by molar-refractivity contribution is -0.115. The Morgan fingerprint density at radius 2 is 2.08 bits per heavy atom. The number of amides is 1. The van der Waals surface area contributed by atoms with Crippen LogP contribution in [0.4, 0.5) is 15.8 Å². The third-order valence-corrected chi connectivity index (χ3v) is 4.20. The van der Waals surface area contributed by atoms with Crippen molar-refractivity contribution in [1.82, 2.24) is 0 Å². The molecule has 1 fully saturated rings. The van der Waals surface area contributed by atoms with Gasteiger partial charge in [-0.2, -0.15) is 0 Å². The van der Waals surface area contributed by atoms with Crippen molar-refractivity contribution in [2.75, 3.05) is 16.8 Å². The second-order valence-electron chi connectivity index (χ2n) is 6.02. The van der Waals surface area contributed by atoms with Crippen molar-refractivity contribution < 1.29 is 9.18 Å². The predicted octanol–water partition coefficient (Wildman–Crippen LogP) is 3.89. The van der Waals surface area contributed by atoms with Crippen LogP contribution >= 0.6 is 0 Å². The highest BCUT2D eigenvalue weighted by atomic mass is 19.1. The average Bonchev–Trinajstić information content (AvgIpc) is 2.96. The van der Waals surface area contributed by atoms with Gasteiger partial charge in [-0.15, -0.1) is 0 Å². The van der Waals surface area contributed by atoms with Crippen LogP contribution in [0.2, 0.25) is 0 Å². The maximum Gasteiger partial charge on any atom is 0.228 e. The zero-order chi connectivity index (χ0) is 17.1. The van der Waals surface area contributed by atoms with E-state index in [1.165, 1.54) is 6.07 Å². The zero-order valence-corrected chi connectivity index (χ0v) is 13.6. The molecule has 1 aliphatic heterocycles. The number of benzene rings is 2. The number of rotatable bonds is 4. The van der Waals surface area contributed by atoms with Crippen LogP contribution in [0, 0.1) is 18.2 Å². The van der Waals surface area contributed by atoms with Crippen molar-refractivity contribution in [2.45, 2.75) is 26.2 Å². The van der Waals surface area contributed by atoms with Crippen molar-refractivity contribution in [3.05, 3.63) is 59.4 Å². The van der Waals surface area contributed by atoms with Crippen molar-refractivity contribution >= 4 is 23.1 Å². The summed E-state index contributed by atoms with van der Waals surface area (Å²) in [5, 5.41) is 10.8. The van der Waals surface area contributed by atoms with Crippen molar-refractivity contribution in [3.63, 3.8) is 0 Å². The molecule has 0 bridgehead atoms. The molecule has 1 saturated heterocycles. The molecular weight excluding hydrogens is 305 g/mol. The first kappa shape index (κ1) is 16.2. The van der Waals surface area contributed by atoms with E-state index < -0.39 is 0 Å². The number of hydrogen-bond donors (Lipinski definition) is 2. The number of halogens is 1. The number of carbonyl (C=O) groups excluding carboxylic acids is 1. The van der Waals surface area contributed by atoms with Gasteiger partial charge in [0.2, 0.25) is 5.91 Å². The molecule has 0 aromatic heterocycles. The summed E-state index contributed by atoms with van der Waals surface area (Å²) in [6, 6.07) is 11.9. The summed E-state index contributed by atoms with van der Waals surface area (Å²) < 4.78 is 13.6. The summed E-state index contributed by atoms with van der Waals surface area (Å²) in [6.07, 6.45) is 1.81. The van der Waals surface area contributed by atoms with E-state index in [2.05, 4.69) is 5.32 Å². The van der Waals surface area contributed by atoms with E-state index in [0.717, 1.165) is 30.6 Å². The van der Waals surface area contributed by atoms with E-state index in [1.807, 2.05) is 30.0 Å². The van der Waals surface area contributed by atoms with Crippen LogP contribution in [-0.2, 0) is 11.2 Å². The number of aryl methyl sites for hydroxylation is 1. The van der Waals surface area contributed by atoms with E-state index in [4.69, 9.17) is 5.41 Å². The van der Waals surface area contributed by atoms with Crippen molar-refractivity contribution in [2.24, 2.45) is 0 Å². The van der Waals surface area contributed by atoms with Gasteiger partial charge in [0.05, 0.1) is 6.42 Å². The van der Waals surface area contributed by atoms with Gasteiger partial charge in [0.1, 0.15) is 11.7 Å². The van der Waals surface area contributed by atoms with Gasteiger partial charge < -0.3 is 10.2 Å². The van der Waals surface area contributed by atoms with Gasteiger partial charge in [0, 0.05) is 24.3 Å². The van der Waals surface area contributed by atoms with Gasteiger partial charge >= 0.3 is 0 Å². The Hall–Kier alpha value is -2.69. The number of amidine groups is 1. The highest BCUT2D eigenvalue weighted by Gasteiger charge is 2.20. The highest BCUT2D eigenvalue weighted by molar-refractivity contribution is 5.98. The lowest BCUT2D eigenvalue weighted by Crippen LogP contribution is -2.24. The number of hydrogen-bond acceptors (Lipinski definition) is 2. The maximum absolute atomic E-state index is 13.6. The van der Waals surface area contributed by atoms with Crippen LogP contribution < -0.4 is 10.2 Å². The summed E-state index contributed by atoms with van der Waals surface area (Å²) in [6.45, 7) is 2.83. The molecule has 2 aromatic rings. The SMILES string of the molecule is Cc1cc(NC(=O)Cc2ccccc2F)ccc1N1CCCC1=N. The molecule has 1 heterocycles. The maximum atomic E-state index is 13.6. The topological polar surface area (TPSA) is 56.2 Å². The predicted molar refractivity (Wildman–Crippen MR) is 94.2 cm³/mol. The van der Waals surface area contributed by atoms with Crippen LogP contribution in [0.1, 0.15) is 24.0 Å². The molecule has 4 nitrogen and oxygen atoms in total. The molecule has 2 aromatic carbocycles. The normalized spacial score (nSPS) is 14.1. The summed E-state index contributed by atoms with van der Waals surface area (Å²) >= 11 is 0. The fourth-order valence-electron chi connectivity index (χ4n) is 3.00. The Morgan fingerprint density at radius 3 is 2.75 bits per heavy atom. The third kappa shape index (κ3) is 3.45. The van der Waals surface area contributed by atoms with Gasteiger partial charge in [0.25, 0.3) is 0 Å². The lowest BCUT2D eigenvalue weighted by Gasteiger charge is -2.21. The minimum absolute atomic E-state index is 0.00421. The van der Waals surface area contributed by atoms with Gasteiger partial charge in [-0.25, -0.2) is 4.39 Å².